The van der Waals surface area contributed by atoms with E-state index in [0.717, 1.165) is 16.8 Å². The molecule has 2 amide bonds. The van der Waals surface area contributed by atoms with Gasteiger partial charge in [0.05, 0.1) is 5.69 Å². The van der Waals surface area contributed by atoms with Crippen molar-refractivity contribution >= 4 is 26.0 Å². The van der Waals surface area contributed by atoms with Crippen molar-refractivity contribution in [1.82, 2.24) is 4.67 Å². The summed E-state index contributed by atoms with van der Waals surface area (Å²) in [6.45, 7) is 13.1. The van der Waals surface area contributed by atoms with Gasteiger partial charge in [-0.3, -0.25) is 14.3 Å². The molecule has 164 valence electrons. The molecular weight excluding hydrogens is 407 g/mol. The normalized spacial score (nSPS) is 21.6. The van der Waals surface area contributed by atoms with Crippen LogP contribution in [-0.4, -0.2) is 22.5 Å². The molecule has 0 N–H and O–H groups in total. The minimum atomic E-state index is -1.61. The van der Waals surface area contributed by atoms with E-state index in [4.69, 9.17) is 4.52 Å². The summed E-state index contributed by atoms with van der Waals surface area (Å²) in [4.78, 5) is 26.2. The van der Waals surface area contributed by atoms with Crippen LogP contribution in [0.3, 0.4) is 0 Å². The predicted octanol–water partition coefficient (Wildman–Crippen LogP) is 5.93. The Hall–Kier alpha value is -2.39. The molecule has 2 fully saturated rings. The number of carbonyl (C=O) groups is 2. The van der Waals surface area contributed by atoms with Crippen LogP contribution >= 0.6 is 8.45 Å². The average molecular weight is 439 g/mol. The minimum Gasteiger partial charge on any atom is -0.436 e. The van der Waals surface area contributed by atoms with Gasteiger partial charge in [-0.1, -0.05) is 65.8 Å². The van der Waals surface area contributed by atoms with Gasteiger partial charge in [-0.25, -0.2) is 4.67 Å². The van der Waals surface area contributed by atoms with E-state index in [1.165, 1.54) is 0 Å². The number of amides is 2. The highest BCUT2D eigenvalue weighted by Crippen LogP contribution is 2.58. The zero-order valence-corrected chi connectivity index (χ0v) is 20.1. The van der Waals surface area contributed by atoms with Crippen LogP contribution in [0.4, 0.5) is 5.69 Å². The standard InChI is InChI=1S/C25H31N2O3P/c1-24(2,3)17-14-18(25(4,5)6)16-19(15-17)26-23(29)21-12-13-22(28)27(21)31(26)30-20-10-8-7-9-11-20/h7-11,14-16,21H,12-13H2,1-6H3/t21-,31+/m0/s1. The van der Waals surface area contributed by atoms with Gasteiger partial charge in [0.15, 0.2) is 0 Å². The molecule has 0 bridgehead atoms. The van der Waals surface area contributed by atoms with Crippen LogP contribution in [0.15, 0.2) is 48.5 Å². The fraction of sp³-hybridized carbons (Fsp3) is 0.440. The highest BCUT2D eigenvalue weighted by Gasteiger charge is 2.55. The van der Waals surface area contributed by atoms with Crippen LogP contribution in [0.25, 0.3) is 0 Å². The number of para-hydroxylation sites is 1. The number of rotatable bonds is 3. The van der Waals surface area contributed by atoms with E-state index in [0.29, 0.717) is 18.6 Å². The van der Waals surface area contributed by atoms with Gasteiger partial charge >= 0.3 is 8.45 Å². The van der Waals surface area contributed by atoms with E-state index in [1.54, 1.807) is 9.34 Å². The molecule has 31 heavy (non-hydrogen) atoms. The zero-order valence-electron chi connectivity index (χ0n) is 19.2. The number of nitrogens with zero attached hydrogens (tertiary/aromatic N) is 2. The van der Waals surface area contributed by atoms with Crippen LogP contribution in [0, 0.1) is 0 Å². The first-order chi connectivity index (χ1) is 14.5. The first-order valence-electron chi connectivity index (χ1n) is 10.8. The largest absolute Gasteiger partial charge is 0.436 e. The van der Waals surface area contributed by atoms with E-state index in [1.807, 2.05) is 30.3 Å². The molecular formula is C25H31N2O3P. The molecule has 0 radical (unpaired) electrons. The molecule has 2 aliphatic heterocycles. The predicted molar refractivity (Wildman–Crippen MR) is 125 cm³/mol. The van der Waals surface area contributed by atoms with Gasteiger partial charge in [0, 0.05) is 6.42 Å². The van der Waals surface area contributed by atoms with Gasteiger partial charge in [-0.2, -0.15) is 0 Å². The number of carbonyl (C=O) groups excluding carboxylic acids is 2. The second-order valence-electron chi connectivity index (χ2n) is 10.4. The molecule has 6 heteroatoms. The Labute approximate surface area is 186 Å². The minimum absolute atomic E-state index is 0.00841. The van der Waals surface area contributed by atoms with E-state index in [9.17, 15) is 9.59 Å². The molecule has 2 aliphatic rings. The third-order valence-corrected chi connectivity index (χ3v) is 7.87. The Morgan fingerprint density at radius 3 is 2.03 bits per heavy atom. The fourth-order valence-electron chi connectivity index (χ4n) is 3.92. The van der Waals surface area contributed by atoms with Crippen molar-refractivity contribution in [3.05, 3.63) is 59.7 Å². The fourth-order valence-corrected chi connectivity index (χ4v) is 5.95. The average Bonchev–Trinajstić information content (AvgIpc) is 3.20. The summed E-state index contributed by atoms with van der Waals surface area (Å²) >= 11 is 0. The van der Waals surface area contributed by atoms with Crippen molar-refractivity contribution in [2.75, 3.05) is 4.67 Å². The van der Waals surface area contributed by atoms with E-state index in [-0.39, 0.29) is 22.6 Å². The van der Waals surface area contributed by atoms with Crippen LogP contribution in [0.2, 0.25) is 0 Å². The van der Waals surface area contributed by atoms with Crippen LogP contribution in [0.1, 0.15) is 65.5 Å². The summed E-state index contributed by atoms with van der Waals surface area (Å²) in [5.74, 6) is 0.611. The quantitative estimate of drug-likeness (QED) is 0.559. The van der Waals surface area contributed by atoms with Gasteiger partial charge in [-0.05, 0) is 52.6 Å². The van der Waals surface area contributed by atoms with Gasteiger partial charge in [0.25, 0.3) is 5.91 Å². The molecule has 0 aliphatic carbocycles. The van der Waals surface area contributed by atoms with E-state index in [2.05, 4.69) is 59.7 Å². The number of benzene rings is 2. The molecule has 2 atom stereocenters. The highest BCUT2D eigenvalue weighted by atomic mass is 31.2. The van der Waals surface area contributed by atoms with Crippen molar-refractivity contribution in [1.29, 1.82) is 0 Å². The topological polar surface area (TPSA) is 49.9 Å². The molecule has 5 nitrogen and oxygen atoms in total. The van der Waals surface area contributed by atoms with Crippen molar-refractivity contribution in [2.45, 2.75) is 71.3 Å². The summed E-state index contributed by atoms with van der Waals surface area (Å²) in [6.07, 6.45) is 0.951. The number of hydrogen-bond donors (Lipinski definition) is 0. The molecule has 2 saturated heterocycles. The van der Waals surface area contributed by atoms with E-state index < -0.39 is 14.5 Å². The molecule has 2 heterocycles. The van der Waals surface area contributed by atoms with Crippen LogP contribution < -0.4 is 9.19 Å². The Kier molecular flexibility index (Phi) is 5.37. The second-order valence-corrected chi connectivity index (χ2v) is 11.9. The first kappa shape index (κ1) is 21.8. The summed E-state index contributed by atoms with van der Waals surface area (Å²) in [5.41, 5.74) is 2.99. The number of fused-ring (bicyclic) bond motifs is 1. The van der Waals surface area contributed by atoms with Crippen LogP contribution in [-0.2, 0) is 20.4 Å². The molecule has 0 saturated carbocycles. The summed E-state index contributed by atoms with van der Waals surface area (Å²) in [5, 5.41) is 0. The lowest BCUT2D eigenvalue weighted by Gasteiger charge is -2.31. The Morgan fingerprint density at radius 1 is 0.903 bits per heavy atom. The summed E-state index contributed by atoms with van der Waals surface area (Å²) in [6, 6.07) is 15.4. The van der Waals surface area contributed by atoms with Crippen molar-refractivity contribution < 1.29 is 14.1 Å². The Morgan fingerprint density at radius 2 is 1.48 bits per heavy atom. The van der Waals surface area contributed by atoms with Gasteiger partial charge < -0.3 is 4.52 Å². The maximum Gasteiger partial charge on any atom is 0.320 e. The molecule has 2 aromatic rings. The van der Waals surface area contributed by atoms with Crippen LogP contribution in [0.5, 0.6) is 5.75 Å². The van der Waals surface area contributed by atoms with Gasteiger partial charge in [0.1, 0.15) is 11.8 Å². The lowest BCUT2D eigenvalue weighted by Crippen LogP contribution is -2.29. The molecule has 0 unspecified atom stereocenters. The maximum atomic E-state index is 13.5. The second kappa shape index (κ2) is 7.63. The Bertz CT molecular complexity index is 975. The highest BCUT2D eigenvalue weighted by molar-refractivity contribution is 7.55. The van der Waals surface area contributed by atoms with Crippen molar-refractivity contribution in [3.8, 4) is 5.75 Å². The monoisotopic (exact) mass is 438 g/mol. The number of anilines is 1. The Balaban J connectivity index is 1.84. The lowest BCUT2D eigenvalue weighted by molar-refractivity contribution is -0.127. The third kappa shape index (κ3) is 4.08. The smallest absolute Gasteiger partial charge is 0.320 e. The summed E-state index contributed by atoms with van der Waals surface area (Å²) in [7, 11) is -1.61. The molecule has 0 spiro atoms. The SMILES string of the molecule is CC(C)(C)c1cc(N2C(=O)[C@@H]3CCC(=O)N3[P@]2Oc2ccccc2)cc(C(C)(C)C)c1. The van der Waals surface area contributed by atoms with Crippen molar-refractivity contribution in [3.63, 3.8) is 0 Å². The van der Waals surface area contributed by atoms with E-state index >= 15 is 0 Å². The first-order valence-corrected chi connectivity index (χ1v) is 12.0. The summed E-state index contributed by atoms with van der Waals surface area (Å²) < 4.78 is 9.75. The maximum absolute atomic E-state index is 13.5. The third-order valence-electron chi connectivity index (χ3n) is 5.86. The lowest BCUT2D eigenvalue weighted by atomic mass is 9.80. The molecule has 0 aromatic heterocycles. The van der Waals surface area contributed by atoms with Gasteiger partial charge in [-0.15, -0.1) is 0 Å². The molecule has 4 rings (SSSR count). The zero-order chi connectivity index (χ0) is 22.6. The van der Waals surface area contributed by atoms with Gasteiger partial charge in [0.2, 0.25) is 5.91 Å². The number of hydrogen-bond acceptors (Lipinski definition) is 3. The molecule has 2 aromatic carbocycles. The van der Waals surface area contributed by atoms with Crippen molar-refractivity contribution in [2.24, 2.45) is 0 Å².